The lowest BCUT2D eigenvalue weighted by Crippen LogP contribution is -2.22. The second-order valence-corrected chi connectivity index (χ2v) is 3.50. The van der Waals surface area contributed by atoms with Crippen LogP contribution in [0.15, 0.2) is 18.2 Å². The number of rotatable bonds is 3. The van der Waals surface area contributed by atoms with Gasteiger partial charge in [-0.2, -0.15) is 0 Å². The van der Waals surface area contributed by atoms with Crippen molar-refractivity contribution in [1.29, 1.82) is 0 Å². The molecular weight excluding hydrogens is 224 g/mol. The molecule has 3 amide bonds. The first-order valence-electron chi connectivity index (χ1n) is 4.99. The largest absolute Gasteiger partial charge is 0.497 e. The van der Waals surface area contributed by atoms with Gasteiger partial charge in [-0.1, -0.05) is 0 Å². The van der Waals surface area contributed by atoms with Crippen molar-refractivity contribution in [2.45, 2.75) is 6.04 Å². The van der Waals surface area contributed by atoms with E-state index in [0.29, 0.717) is 17.1 Å². The Labute approximate surface area is 97.9 Å². The molecule has 0 aliphatic carbocycles. The Morgan fingerprint density at radius 1 is 1.18 bits per heavy atom. The summed E-state index contributed by atoms with van der Waals surface area (Å²) in [6.07, 6.45) is 0. The predicted octanol–water partition coefficient (Wildman–Crippen LogP) is 0.584. The molecular formula is C11H12N2O4. The van der Waals surface area contributed by atoms with E-state index in [-0.39, 0.29) is 0 Å². The molecule has 1 aromatic rings. The van der Waals surface area contributed by atoms with Gasteiger partial charge in [0.25, 0.3) is 5.91 Å². The van der Waals surface area contributed by atoms with Crippen LogP contribution in [-0.2, 0) is 4.79 Å². The van der Waals surface area contributed by atoms with Crippen LogP contribution in [0.4, 0.5) is 4.79 Å². The number of ether oxygens (including phenoxy) is 2. The van der Waals surface area contributed by atoms with Crippen molar-refractivity contribution in [2.24, 2.45) is 0 Å². The summed E-state index contributed by atoms with van der Waals surface area (Å²) in [5, 5.41) is 4.68. The van der Waals surface area contributed by atoms with Crippen molar-refractivity contribution in [3.05, 3.63) is 23.8 Å². The number of urea groups is 1. The van der Waals surface area contributed by atoms with Gasteiger partial charge in [0.05, 0.1) is 14.2 Å². The molecule has 1 atom stereocenters. The topological polar surface area (TPSA) is 76.7 Å². The standard InChI is InChI=1S/C11H12N2O4/c1-16-6-3-4-7(8(5-6)17-2)9-10(14)13-11(15)12-9/h3-5,9H,1-2H3,(H2,12,13,14,15)/t9-/m0/s1. The monoisotopic (exact) mass is 236 g/mol. The first kappa shape index (κ1) is 11.3. The van der Waals surface area contributed by atoms with Crippen LogP contribution in [0.2, 0.25) is 0 Å². The molecule has 17 heavy (non-hydrogen) atoms. The van der Waals surface area contributed by atoms with Gasteiger partial charge >= 0.3 is 6.03 Å². The molecule has 1 aliphatic rings. The molecule has 2 N–H and O–H groups in total. The zero-order chi connectivity index (χ0) is 12.4. The number of hydrogen-bond acceptors (Lipinski definition) is 4. The fourth-order valence-electron chi connectivity index (χ4n) is 1.69. The lowest BCUT2D eigenvalue weighted by atomic mass is 10.1. The van der Waals surface area contributed by atoms with E-state index in [1.807, 2.05) is 0 Å². The summed E-state index contributed by atoms with van der Waals surface area (Å²) < 4.78 is 10.2. The summed E-state index contributed by atoms with van der Waals surface area (Å²) in [7, 11) is 3.03. The van der Waals surface area contributed by atoms with Gasteiger partial charge in [-0.15, -0.1) is 0 Å². The Morgan fingerprint density at radius 3 is 2.47 bits per heavy atom. The fourth-order valence-corrected chi connectivity index (χ4v) is 1.69. The van der Waals surface area contributed by atoms with E-state index < -0.39 is 18.0 Å². The summed E-state index contributed by atoms with van der Waals surface area (Å²) in [5.41, 5.74) is 0.594. The third-order valence-electron chi connectivity index (χ3n) is 2.53. The fraction of sp³-hybridized carbons (Fsp3) is 0.273. The first-order valence-corrected chi connectivity index (χ1v) is 4.99. The number of benzene rings is 1. The normalized spacial score (nSPS) is 18.6. The van der Waals surface area contributed by atoms with Gasteiger partial charge in [-0.25, -0.2) is 4.79 Å². The van der Waals surface area contributed by atoms with E-state index in [1.165, 1.54) is 7.11 Å². The minimum Gasteiger partial charge on any atom is -0.497 e. The smallest absolute Gasteiger partial charge is 0.322 e. The van der Waals surface area contributed by atoms with Crippen LogP contribution in [0.3, 0.4) is 0 Å². The van der Waals surface area contributed by atoms with E-state index in [1.54, 1.807) is 25.3 Å². The SMILES string of the molecule is COc1ccc([C@@H]2NC(=O)NC2=O)c(OC)c1. The Bertz CT molecular complexity index is 473. The number of carbonyl (C=O) groups is 2. The van der Waals surface area contributed by atoms with Gasteiger partial charge in [-0.3, -0.25) is 10.1 Å². The molecule has 2 rings (SSSR count). The van der Waals surface area contributed by atoms with Crippen molar-refractivity contribution in [3.63, 3.8) is 0 Å². The lowest BCUT2D eigenvalue weighted by molar-refractivity contribution is -0.120. The van der Waals surface area contributed by atoms with Crippen LogP contribution in [0, 0.1) is 0 Å². The minimum atomic E-state index is -0.719. The Kier molecular flexibility index (Phi) is 2.86. The number of carbonyl (C=O) groups excluding carboxylic acids is 2. The molecule has 0 unspecified atom stereocenters. The Morgan fingerprint density at radius 2 is 1.94 bits per heavy atom. The number of methoxy groups -OCH3 is 2. The average molecular weight is 236 g/mol. The minimum absolute atomic E-state index is 0.390. The summed E-state index contributed by atoms with van der Waals surface area (Å²) in [6.45, 7) is 0. The van der Waals surface area contributed by atoms with Gasteiger partial charge < -0.3 is 14.8 Å². The first-order chi connectivity index (χ1) is 8.15. The highest BCUT2D eigenvalue weighted by atomic mass is 16.5. The summed E-state index contributed by atoms with van der Waals surface area (Å²) >= 11 is 0. The molecule has 0 radical (unpaired) electrons. The lowest BCUT2D eigenvalue weighted by Gasteiger charge is -2.13. The predicted molar refractivity (Wildman–Crippen MR) is 59.0 cm³/mol. The van der Waals surface area contributed by atoms with Crippen molar-refractivity contribution >= 4 is 11.9 Å². The van der Waals surface area contributed by atoms with Crippen LogP contribution >= 0.6 is 0 Å². The maximum absolute atomic E-state index is 11.5. The second-order valence-electron chi connectivity index (χ2n) is 3.50. The Balaban J connectivity index is 2.38. The van der Waals surface area contributed by atoms with Crippen LogP contribution < -0.4 is 20.1 Å². The number of imide groups is 1. The molecule has 6 nitrogen and oxygen atoms in total. The van der Waals surface area contributed by atoms with E-state index >= 15 is 0 Å². The molecule has 0 bridgehead atoms. The average Bonchev–Trinajstić information content (AvgIpc) is 2.67. The van der Waals surface area contributed by atoms with Crippen molar-refractivity contribution in [2.75, 3.05) is 14.2 Å². The van der Waals surface area contributed by atoms with Crippen LogP contribution in [0.1, 0.15) is 11.6 Å². The summed E-state index contributed by atoms with van der Waals surface area (Å²) in [5.74, 6) is 0.723. The molecule has 0 saturated carbocycles. The molecule has 1 aromatic carbocycles. The van der Waals surface area contributed by atoms with Crippen LogP contribution in [0.25, 0.3) is 0 Å². The number of nitrogens with one attached hydrogen (secondary N) is 2. The highest BCUT2D eigenvalue weighted by molar-refractivity contribution is 6.04. The highest BCUT2D eigenvalue weighted by Gasteiger charge is 2.32. The van der Waals surface area contributed by atoms with Gasteiger partial charge in [0.15, 0.2) is 0 Å². The summed E-state index contributed by atoms with van der Waals surface area (Å²) in [6, 6.07) is 3.83. The molecule has 1 fully saturated rings. The van der Waals surface area contributed by atoms with Crippen molar-refractivity contribution < 1.29 is 19.1 Å². The molecule has 1 heterocycles. The van der Waals surface area contributed by atoms with Crippen molar-refractivity contribution in [1.82, 2.24) is 10.6 Å². The van der Waals surface area contributed by atoms with E-state index in [9.17, 15) is 9.59 Å². The third-order valence-corrected chi connectivity index (χ3v) is 2.53. The molecule has 6 heteroatoms. The van der Waals surface area contributed by atoms with Gasteiger partial charge in [0.1, 0.15) is 17.5 Å². The maximum Gasteiger partial charge on any atom is 0.322 e. The second kappa shape index (κ2) is 4.32. The van der Waals surface area contributed by atoms with Gasteiger partial charge in [0.2, 0.25) is 0 Å². The zero-order valence-electron chi connectivity index (χ0n) is 9.44. The zero-order valence-corrected chi connectivity index (χ0v) is 9.44. The molecule has 0 aromatic heterocycles. The van der Waals surface area contributed by atoms with E-state index in [4.69, 9.17) is 9.47 Å². The number of amides is 3. The van der Waals surface area contributed by atoms with Gasteiger partial charge in [0, 0.05) is 11.6 Å². The van der Waals surface area contributed by atoms with E-state index in [2.05, 4.69) is 10.6 Å². The van der Waals surface area contributed by atoms with E-state index in [0.717, 1.165) is 0 Å². The molecule has 1 saturated heterocycles. The van der Waals surface area contributed by atoms with Gasteiger partial charge in [-0.05, 0) is 12.1 Å². The molecule has 90 valence electrons. The quantitative estimate of drug-likeness (QED) is 0.753. The highest BCUT2D eigenvalue weighted by Crippen LogP contribution is 2.30. The molecule has 1 aliphatic heterocycles. The third kappa shape index (κ3) is 2.01. The summed E-state index contributed by atoms with van der Waals surface area (Å²) in [4.78, 5) is 22.6. The maximum atomic E-state index is 11.5. The Hall–Kier alpha value is -2.24. The van der Waals surface area contributed by atoms with Crippen LogP contribution in [-0.4, -0.2) is 26.2 Å². The van der Waals surface area contributed by atoms with Crippen molar-refractivity contribution in [3.8, 4) is 11.5 Å². The van der Waals surface area contributed by atoms with Crippen LogP contribution in [0.5, 0.6) is 11.5 Å². The molecule has 0 spiro atoms. The number of hydrogen-bond donors (Lipinski definition) is 2.